The molecule has 1 aromatic carbocycles. The first-order valence-electron chi connectivity index (χ1n) is 8.45. The van der Waals surface area contributed by atoms with Crippen molar-refractivity contribution < 1.29 is 19.2 Å². The maximum Gasteiger partial charge on any atom is 0.259 e. The SMILES string of the molecule is COc1ccc(-c2onc(N3CCCC3)c2C(=O)NC[C@H](C)O)cc1. The minimum Gasteiger partial charge on any atom is -0.497 e. The van der Waals surface area contributed by atoms with Crippen molar-refractivity contribution in [2.75, 3.05) is 31.6 Å². The first kappa shape index (κ1) is 17.3. The van der Waals surface area contributed by atoms with Gasteiger partial charge in [-0.1, -0.05) is 5.16 Å². The lowest BCUT2D eigenvalue weighted by molar-refractivity contribution is 0.0924. The molecule has 1 atom stereocenters. The summed E-state index contributed by atoms with van der Waals surface area (Å²) in [6.45, 7) is 3.50. The van der Waals surface area contributed by atoms with Gasteiger partial charge < -0.3 is 24.6 Å². The number of nitrogens with zero attached hydrogens (tertiary/aromatic N) is 2. The van der Waals surface area contributed by atoms with Crippen LogP contribution in [0.2, 0.25) is 0 Å². The number of benzene rings is 1. The third-order valence-electron chi connectivity index (χ3n) is 4.22. The van der Waals surface area contributed by atoms with Gasteiger partial charge >= 0.3 is 0 Å². The van der Waals surface area contributed by atoms with E-state index in [1.165, 1.54) is 0 Å². The predicted octanol–water partition coefficient (Wildman–Crippen LogP) is 2.06. The van der Waals surface area contributed by atoms with Crippen molar-refractivity contribution in [2.24, 2.45) is 0 Å². The first-order chi connectivity index (χ1) is 12.1. The van der Waals surface area contributed by atoms with Gasteiger partial charge in [0.2, 0.25) is 0 Å². The highest BCUT2D eigenvalue weighted by Gasteiger charge is 2.29. The van der Waals surface area contributed by atoms with Crippen LogP contribution in [0, 0.1) is 0 Å². The number of aromatic nitrogens is 1. The van der Waals surface area contributed by atoms with Crippen molar-refractivity contribution in [1.29, 1.82) is 0 Å². The molecule has 3 rings (SSSR count). The Hall–Kier alpha value is -2.54. The average Bonchev–Trinajstić information content (AvgIpc) is 3.28. The summed E-state index contributed by atoms with van der Waals surface area (Å²) in [6, 6.07) is 7.28. The van der Waals surface area contributed by atoms with Gasteiger partial charge in [0.15, 0.2) is 11.6 Å². The molecule has 0 bridgehead atoms. The van der Waals surface area contributed by atoms with Crippen molar-refractivity contribution in [1.82, 2.24) is 10.5 Å². The number of rotatable bonds is 6. The van der Waals surface area contributed by atoms with Gasteiger partial charge in [-0.2, -0.15) is 0 Å². The summed E-state index contributed by atoms with van der Waals surface area (Å²) < 4.78 is 10.7. The maximum atomic E-state index is 12.7. The highest BCUT2D eigenvalue weighted by molar-refractivity contribution is 6.04. The van der Waals surface area contributed by atoms with Crippen LogP contribution < -0.4 is 15.0 Å². The van der Waals surface area contributed by atoms with Crippen molar-refractivity contribution in [3.63, 3.8) is 0 Å². The number of nitrogens with one attached hydrogen (secondary N) is 1. The second-order valence-electron chi connectivity index (χ2n) is 6.19. The molecule has 7 nitrogen and oxygen atoms in total. The third kappa shape index (κ3) is 3.76. The lowest BCUT2D eigenvalue weighted by Crippen LogP contribution is -2.32. The third-order valence-corrected chi connectivity index (χ3v) is 4.22. The molecule has 1 amide bonds. The Morgan fingerprint density at radius 3 is 2.64 bits per heavy atom. The number of hydrogen-bond acceptors (Lipinski definition) is 6. The topological polar surface area (TPSA) is 87.8 Å². The number of anilines is 1. The zero-order chi connectivity index (χ0) is 17.8. The summed E-state index contributed by atoms with van der Waals surface area (Å²) in [5.41, 5.74) is 1.16. The molecule has 2 heterocycles. The minimum atomic E-state index is -0.622. The summed E-state index contributed by atoms with van der Waals surface area (Å²) in [7, 11) is 1.60. The van der Waals surface area contributed by atoms with E-state index in [1.807, 2.05) is 24.3 Å². The van der Waals surface area contributed by atoms with Crippen LogP contribution in [-0.2, 0) is 0 Å². The van der Waals surface area contributed by atoms with Crippen molar-refractivity contribution in [3.8, 4) is 17.1 Å². The Balaban J connectivity index is 1.97. The normalized spacial score (nSPS) is 15.2. The molecular weight excluding hydrogens is 322 g/mol. The molecule has 0 saturated carbocycles. The fraction of sp³-hybridized carbons (Fsp3) is 0.444. The number of aliphatic hydroxyl groups excluding tert-OH is 1. The van der Waals surface area contributed by atoms with Gasteiger partial charge in [0.1, 0.15) is 11.3 Å². The van der Waals surface area contributed by atoms with Crippen molar-refractivity contribution >= 4 is 11.7 Å². The van der Waals surface area contributed by atoms with Gasteiger partial charge in [0, 0.05) is 25.2 Å². The van der Waals surface area contributed by atoms with Crippen LogP contribution in [0.4, 0.5) is 5.82 Å². The van der Waals surface area contributed by atoms with E-state index >= 15 is 0 Å². The fourth-order valence-corrected chi connectivity index (χ4v) is 2.90. The van der Waals surface area contributed by atoms with E-state index in [4.69, 9.17) is 9.26 Å². The fourth-order valence-electron chi connectivity index (χ4n) is 2.90. The number of amides is 1. The summed E-state index contributed by atoms with van der Waals surface area (Å²) in [6.07, 6.45) is 1.52. The van der Waals surface area contributed by atoms with E-state index in [0.717, 1.165) is 37.2 Å². The molecule has 2 aromatic rings. The van der Waals surface area contributed by atoms with Crippen molar-refractivity contribution in [2.45, 2.75) is 25.9 Å². The molecule has 0 aliphatic carbocycles. The van der Waals surface area contributed by atoms with E-state index in [-0.39, 0.29) is 12.5 Å². The molecular formula is C18H23N3O4. The smallest absolute Gasteiger partial charge is 0.259 e. The summed E-state index contributed by atoms with van der Waals surface area (Å²) in [5, 5.41) is 16.3. The highest BCUT2D eigenvalue weighted by Crippen LogP contribution is 2.33. The largest absolute Gasteiger partial charge is 0.497 e. The Morgan fingerprint density at radius 1 is 1.36 bits per heavy atom. The zero-order valence-corrected chi connectivity index (χ0v) is 14.5. The number of aliphatic hydroxyl groups is 1. The molecule has 0 unspecified atom stereocenters. The molecule has 1 saturated heterocycles. The van der Waals surface area contributed by atoms with Gasteiger partial charge in [-0.15, -0.1) is 0 Å². The lowest BCUT2D eigenvalue weighted by atomic mass is 10.1. The molecule has 0 spiro atoms. The molecule has 0 radical (unpaired) electrons. The highest BCUT2D eigenvalue weighted by atomic mass is 16.5. The first-order valence-corrected chi connectivity index (χ1v) is 8.45. The monoisotopic (exact) mass is 345 g/mol. The summed E-state index contributed by atoms with van der Waals surface area (Å²) in [5.74, 6) is 1.41. The van der Waals surface area contributed by atoms with E-state index in [0.29, 0.717) is 17.1 Å². The molecule has 1 fully saturated rings. The number of ether oxygens (including phenoxy) is 1. The summed E-state index contributed by atoms with van der Waals surface area (Å²) in [4.78, 5) is 14.8. The van der Waals surface area contributed by atoms with Crippen LogP contribution in [0.5, 0.6) is 5.75 Å². The second-order valence-corrected chi connectivity index (χ2v) is 6.19. The van der Waals surface area contributed by atoms with Crippen LogP contribution in [0.25, 0.3) is 11.3 Å². The number of methoxy groups -OCH3 is 1. The van der Waals surface area contributed by atoms with Gasteiger partial charge in [0.05, 0.1) is 13.2 Å². The number of hydrogen-bond donors (Lipinski definition) is 2. The molecule has 7 heteroatoms. The van der Waals surface area contributed by atoms with Gasteiger partial charge in [-0.3, -0.25) is 4.79 Å². The van der Waals surface area contributed by atoms with Gasteiger partial charge in [0.25, 0.3) is 5.91 Å². The van der Waals surface area contributed by atoms with Crippen LogP contribution >= 0.6 is 0 Å². The van der Waals surface area contributed by atoms with E-state index in [1.54, 1.807) is 14.0 Å². The van der Waals surface area contributed by atoms with E-state index in [2.05, 4.69) is 15.4 Å². The minimum absolute atomic E-state index is 0.172. The molecule has 1 aliphatic rings. The van der Waals surface area contributed by atoms with Crippen LogP contribution in [0.15, 0.2) is 28.8 Å². The maximum absolute atomic E-state index is 12.7. The zero-order valence-electron chi connectivity index (χ0n) is 14.5. The van der Waals surface area contributed by atoms with Crippen LogP contribution in [0.1, 0.15) is 30.1 Å². The Morgan fingerprint density at radius 2 is 2.04 bits per heavy atom. The average molecular weight is 345 g/mol. The summed E-state index contributed by atoms with van der Waals surface area (Å²) >= 11 is 0. The molecule has 1 aromatic heterocycles. The Bertz CT molecular complexity index is 718. The number of carbonyl (C=O) groups excluding carboxylic acids is 1. The molecule has 134 valence electrons. The Labute approximate surface area is 146 Å². The van der Waals surface area contributed by atoms with Gasteiger partial charge in [-0.25, -0.2) is 0 Å². The Kier molecular flexibility index (Phi) is 5.23. The predicted molar refractivity (Wildman–Crippen MR) is 94.0 cm³/mol. The van der Waals surface area contributed by atoms with Crippen LogP contribution in [-0.4, -0.2) is 49.0 Å². The van der Waals surface area contributed by atoms with E-state index < -0.39 is 6.10 Å². The van der Waals surface area contributed by atoms with Crippen LogP contribution in [0.3, 0.4) is 0 Å². The second kappa shape index (κ2) is 7.57. The molecule has 25 heavy (non-hydrogen) atoms. The molecule has 1 aliphatic heterocycles. The molecule has 2 N–H and O–H groups in total. The lowest BCUT2D eigenvalue weighted by Gasteiger charge is -2.15. The van der Waals surface area contributed by atoms with Crippen molar-refractivity contribution in [3.05, 3.63) is 29.8 Å². The van der Waals surface area contributed by atoms with E-state index in [9.17, 15) is 9.90 Å². The number of carbonyl (C=O) groups is 1. The standard InChI is InChI=1S/C18H23N3O4/c1-12(22)11-19-18(23)15-16(13-5-7-14(24-2)8-6-13)25-20-17(15)21-9-3-4-10-21/h5-8,12,22H,3-4,9-11H2,1-2H3,(H,19,23)/t12-/m0/s1. The quantitative estimate of drug-likeness (QED) is 0.833. The van der Waals surface area contributed by atoms with Gasteiger partial charge in [-0.05, 0) is 44.0 Å².